The van der Waals surface area contributed by atoms with E-state index in [1.165, 1.54) is 32.1 Å². The lowest BCUT2D eigenvalue weighted by Gasteiger charge is -2.34. The summed E-state index contributed by atoms with van der Waals surface area (Å²) in [6.07, 6.45) is 6.61. The van der Waals surface area contributed by atoms with Crippen LogP contribution in [0.15, 0.2) is 18.2 Å². The summed E-state index contributed by atoms with van der Waals surface area (Å²) in [6.45, 7) is 7.56. The maximum absolute atomic E-state index is 6.48. The highest BCUT2D eigenvalue weighted by Gasteiger charge is 2.29. The van der Waals surface area contributed by atoms with Crippen molar-refractivity contribution in [2.45, 2.75) is 64.3 Å². The second-order valence-electron chi connectivity index (χ2n) is 7.27. The lowest BCUT2D eigenvalue weighted by molar-refractivity contribution is 0.280. The van der Waals surface area contributed by atoms with Gasteiger partial charge in [0.05, 0.1) is 0 Å². The Labute approximate surface area is 139 Å². The quantitative estimate of drug-likeness (QED) is 0.710. The molecule has 1 aromatic carbocycles. The van der Waals surface area contributed by atoms with E-state index in [0.29, 0.717) is 11.8 Å². The average molecular weight is 328 g/mol. The Morgan fingerprint density at radius 3 is 2.19 bits per heavy atom. The van der Waals surface area contributed by atoms with Crippen molar-refractivity contribution in [2.75, 3.05) is 6.54 Å². The number of rotatable bonds is 4. The number of hydrogen-bond donors (Lipinski definition) is 1. The molecule has 0 bridgehead atoms. The molecule has 0 saturated heterocycles. The standard InChI is InChI=1S/C18H27Cl2N/c1-18(2,3)21-12-14(13-8-5-4-6-9-13)17-15(19)10-7-11-16(17)20/h7,10-11,13-14,21H,4-6,8-9,12H2,1-3H3. The molecule has 118 valence electrons. The van der Waals surface area contributed by atoms with Gasteiger partial charge in [-0.2, -0.15) is 0 Å². The third kappa shape index (κ3) is 4.87. The molecular weight excluding hydrogens is 301 g/mol. The van der Waals surface area contributed by atoms with Crippen molar-refractivity contribution in [2.24, 2.45) is 5.92 Å². The van der Waals surface area contributed by atoms with Crippen LogP contribution >= 0.6 is 23.2 Å². The van der Waals surface area contributed by atoms with Crippen LogP contribution in [0.1, 0.15) is 64.4 Å². The van der Waals surface area contributed by atoms with Crippen molar-refractivity contribution in [3.8, 4) is 0 Å². The summed E-state index contributed by atoms with van der Waals surface area (Å²) < 4.78 is 0. The Bertz CT molecular complexity index is 439. The third-order valence-electron chi connectivity index (χ3n) is 4.44. The molecule has 0 radical (unpaired) electrons. The van der Waals surface area contributed by atoms with Gasteiger partial charge in [0.15, 0.2) is 0 Å². The lowest BCUT2D eigenvalue weighted by Crippen LogP contribution is -2.40. The Hall–Kier alpha value is -0.240. The number of nitrogens with one attached hydrogen (secondary N) is 1. The fraction of sp³-hybridized carbons (Fsp3) is 0.667. The summed E-state index contributed by atoms with van der Waals surface area (Å²) in [5.41, 5.74) is 1.25. The van der Waals surface area contributed by atoms with Crippen molar-refractivity contribution in [3.05, 3.63) is 33.8 Å². The van der Waals surface area contributed by atoms with Crippen LogP contribution in [0.4, 0.5) is 0 Å². The van der Waals surface area contributed by atoms with E-state index in [1.807, 2.05) is 18.2 Å². The van der Waals surface area contributed by atoms with Crippen LogP contribution < -0.4 is 5.32 Å². The molecule has 0 aromatic heterocycles. The molecule has 1 aliphatic rings. The van der Waals surface area contributed by atoms with Gasteiger partial charge in [-0.15, -0.1) is 0 Å². The predicted molar refractivity (Wildman–Crippen MR) is 93.5 cm³/mol. The summed E-state index contributed by atoms with van der Waals surface area (Å²) in [5, 5.41) is 5.28. The highest BCUT2D eigenvalue weighted by atomic mass is 35.5. The largest absolute Gasteiger partial charge is 0.311 e. The van der Waals surface area contributed by atoms with E-state index in [2.05, 4.69) is 26.1 Å². The summed E-state index contributed by atoms with van der Waals surface area (Å²) in [5.74, 6) is 1.09. The zero-order chi connectivity index (χ0) is 15.5. The first-order valence-electron chi connectivity index (χ1n) is 8.07. The van der Waals surface area contributed by atoms with Crippen LogP contribution in [0.25, 0.3) is 0 Å². The number of hydrogen-bond acceptors (Lipinski definition) is 1. The van der Waals surface area contributed by atoms with Gasteiger partial charge in [0.25, 0.3) is 0 Å². The van der Waals surface area contributed by atoms with Crippen LogP contribution in [0.2, 0.25) is 10.0 Å². The first kappa shape index (κ1) is 17.1. The van der Waals surface area contributed by atoms with E-state index >= 15 is 0 Å². The maximum Gasteiger partial charge on any atom is 0.0456 e. The van der Waals surface area contributed by atoms with E-state index in [9.17, 15) is 0 Å². The van der Waals surface area contributed by atoms with Crippen LogP contribution in [0.5, 0.6) is 0 Å². The van der Waals surface area contributed by atoms with Gasteiger partial charge in [-0.1, -0.05) is 48.5 Å². The van der Waals surface area contributed by atoms with Crippen LogP contribution in [-0.4, -0.2) is 12.1 Å². The Kier molecular flexibility index (Phi) is 5.99. The Morgan fingerprint density at radius 2 is 1.67 bits per heavy atom. The van der Waals surface area contributed by atoms with Crippen molar-refractivity contribution in [1.82, 2.24) is 5.32 Å². The second kappa shape index (κ2) is 7.35. The van der Waals surface area contributed by atoms with Crippen LogP contribution in [0.3, 0.4) is 0 Å². The molecule has 1 nitrogen and oxygen atoms in total. The van der Waals surface area contributed by atoms with E-state index in [1.54, 1.807) is 0 Å². The van der Waals surface area contributed by atoms with Gasteiger partial charge in [0, 0.05) is 28.0 Å². The topological polar surface area (TPSA) is 12.0 Å². The van der Waals surface area contributed by atoms with Gasteiger partial charge in [-0.25, -0.2) is 0 Å². The normalized spacial score (nSPS) is 18.7. The minimum absolute atomic E-state index is 0.112. The second-order valence-corrected chi connectivity index (χ2v) is 8.09. The molecule has 1 unspecified atom stereocenters. The fourth-order valence-electron chi connectivity index (χ4n) is 3.32. The van der Waals surface area contributed by atoms with Crippen molar-refractivity contribution in [3.63, 3.8) is 0 Å². The first-order chi connectivity index (χ1) is 9.88. The summed E-state index contributed by atoms with van der Waals surface area (Å²) in [7, 11) is 0. The molecule has 1 N–H and O–H groups in total. The fourth-order valence-corrected chi connectivity index (χ4v) is 4.00. The zero-order valence-electron chi connectivity index (χ0n) is 13.4. The van der Waals surface area contributed by atoms with Gasteiger partial charge >= 0.3 is 0 Å². The van der Waals surface area contributed by atoms with Gasteiger partial charge in [-0.3, -0.25) is 0 Å². The molecule has 1 saturated carbocycles. The van der Waals surface area contributed by atoms with Crippen molar-refractivity contribution < 1.29 is 0 Å². The smallest absolute Gasteiger partial charge is 0.0456 e. The zero-order valence-corrected chi connectivity index (χ0v) is 14.9. The molecule has 3 heteroatoms. The van der Waals surface area contributed by atoms with Crippen molar-refractivity contribution in [1.29, 1.82) is 0 Å². The molecule has 0 heterocycles. The molecule has 1 fully saturated rings. The summed E-state index contributed by atoms with van der Waals surface area (Å²) in [6, 6.07) is 5.87. The van der Waals surface area contributed by atoms with E-state index in [4.69, 9.17) is 23.2 Å². The maximum atomic E-state index is 6.48. The predicted octanol–water partition coefficient (Wildman–Crippen LogP) is 6.05. The summed E-state index contributed by atoms with van der Waals surface area (Å²) in [4.78, 5) is 0. The molecule has 1 atom stereocenters. The Balaban J connectivity index is 2.26. The minimum Gasteiger partial charge on any atom is -0.311 e. The van der Waals surface area contributed by atoms with Crippen molar-refractivity contribution >= 4 is 23.2 Å². The highest BCUT2D eigenvalue weighted by Crippen LogP contribution is 2.41. The Morgan fingerprint density at radius 1 is 1.10 bits per heavy atom. The first-order valence-corrected chi connectivity index (χ1v) is 8.83. The van der Waals surface area contributed by atoms with Gasteiger partial charge < -0.3 is 5.32 Å². The molecule has 0 spiro atoms. The number of benzene rings is 1. The van der Waals surface area contributed by atoms with Gasteiger partial charge in [-0.05, 0) is 57.2 Å². The molecule has 21 heavy (non-hydrogen) atoms. The monoisotopic (exact) mass is 327 g/mol. The molecule has 1 aromatic rings. The van der Waals surface area contributed by atoms with Crippen LogP contribution in [-0.2, 0) is 0 Å². The van der Waals surface area contributed by atoms with Gasteiger partial charge in [0.1, 0.15) is 0 Å². The lowest BCUT2D eigenvalue weighted by atomic mass is 9.76. The molecular formula is C18H27Cl2N. The molecule has 0 aliphatic heterocycles. The van der Waals surface area contributed by atoms with E-state index in [0.717, 1.165) is 22.2 Å². The van der Waals surface area contributed by atoms with Gasteiger partial charge in [0.2, 0.25) is 0 Å². The molecule has 2 rings (SSSR count). The molecule has 1 aliphatic carbocycles. The highest BCUT2D eigenvalue weighted by molar-refractivity contribution is 6.36. The number of halogens is 2. The third-order valence-corrected chi connectivity index (χ3v) is 5.10. The molecule has 0 amide bonds. The van der Waals surface area contributed by atoms with E-state index < -0.39 is 0 Å². The van der Waals surface area contributed by atoms with E-state index in [-0.39, 0.29) is 5.54 Å². The average Bonchev–Trinajstić information content (AvgIpc) is 2.42. The van der Waals surface area contributed by atoms with Crippen LogP contribution in [0, 0.1) is 5.92 Å². The minimum atomic E-state index is 0.112. The SMILES string of the molecule is CC(C)(C)NCC(c1c(Cl)cccc1Cl)C1CCCCC1. The summed E-state index contributed by atoms with van der Waals surface area (Å²) >= 11 is 13.0.